The van der Waals surface area contributed by atoms with Crippen molar-refractivity contribution in [2.75, 3.05) is 0 Å². The Morgan fingerprint density at radius 2 is 0.912 bits per heavy atom. The summed E-state index contributed by atoms with van der Waals surface area (Å²) in [7, 11) is 0. The predicted molar refractivity (Wildman–Crippen MR) is 146 cm³/mol. The molecular formula is C33H23N. The summed E-state index contributed by atoms with van der Waals surface area (Å²) < 4.78 is 0. The van der Waals surface area contributed by atoms with Gasteiger partial charge in [-0.15, -0.1) is 0 Å². The highest BCUT2D eigenvalue weighted by Crippen LogP contribution is 2.52. The van der Waals surface area contributed by atoms with Crippen molar-refractivity contribution in [1.82, 2.24) is 4.98 Å². The number of aromatic nitrogens is 1. The largest absolute Gasteiger partial charge is 0.355 e. The van der Waals surface area contributed by atoms with Gasteiger partial charge in [-0.2, -0.15) is 0 Å². The molecule has 0 amide bonds. The Balaban J connectivity index is 1.55. The number of rotatable bonds is 0. The summed E-state index contributed by atoms with van der Waals surface area (Å²) in [5.41, 5.74) is 7.95. The smallest absolute Gasteiger partial charge is 0.0468 e. The van der Waals surface area contributed by atoms with Gasteiger partial charge in [-0.3, -0.25) is 0 Å². The van der Waals surface area contributed by atoms with Crippen LogP contribution in [0.2, 0.25) is 0 Å². The summed E-state index contributed by atoms with van der Waals surface area (Å²) in [6, 6.07) is 36.1. The van der Waals surface area contributed by atoms with Gasteiger partial charge < -0.3 is 4.98 Å². The molecule has 0 fully saturated rings. The van der Waals surface area contributed by atoms with Gasteiger partial charge in [-0.05, 0) is 84.9 Å². The first kappa shape index (κ1) is 18.3. The molecule has 1 heteroatoms. The summed E-state index contributed by atoms with van der Waals surface area (Å²) >= 11 is 0. The number of hydrogen-bond acceptors (Lipinski definition) is 0. The number of benzene rings is 6. The van der Waals surface area contributed by atoms with Crippen molar-refractivity contribution < 1.29 is 0 Å². The van der Waals surface area contributed by atoms with Crippen molar-refractivity contribution in [2.45, 2.75) is 19.3 Å². The zero-order chi connectivity index (χ0) is 22.6. The van der Waals surface area contributed by atoms with Crippen LogP contribution in [0.4, 0.5) is 0 Å². The first-order valence-electron chi connectivity index (χ1n) is 12.0. The molecule has 7 aromatic rings. The monoisotopic (exact) mass is 433 g/mol. The van der Waals surface area contributed by atoms with Crippen LogP contribution in [0.1, 0.15) is 25.0 Å². The molecule has 6 aromatic carbocycles. The van der Waals surface area contributed by atoms with Crippen LogP contribution in [0.25, 0.3) is 65.3 Å². The van der Waals surface area contributed by atoms with Crippen LogP contribution < -0.4 is 0 Å². The third-order valence-corrected chi connectivity index (χ3v) is 8.16. The van der Waals surface area contributed by atoms with Gasteiger partial charge in [0.1, 0.15) is 0 Å². The van der Waals surface area contributed by atoms with Gasteiger partial charge in [0.25, 0.3) is 0 Å². The Kier molecular flexibility index (Phi) is 3.27. The van der Waals surface area contributed by atoms with E-state index >= 15 is 0 Å². The third-order valence-electron chi connectivity index (χ3n) is 8.16. The highest BCUT2D eigenvalue weighted by molar-refractivity contribution is 6.26. The van der Waals surface area contributed by atoms with Crippen LogP contribution in [0.15, 0.2) is 97.1 Å². The summed E-state index contributed by atoms with van der Waals surface area (Å²) in [5.74, 6) is 0. The highest BCUT2D eigenvalue weighted by atomic mass is 14.7. The van der Waals surface area contributed by atoms with E-state index in [-0.39, 0.29) is 5.41 Å². The van der Waals surface area contributed by atoms with E-state index < -0.39 is 0 Å². The fourth-order valence-electron chi connectivity index (χ4n) is 6.47. The molecule has 1 nitrogen and oxygen atoms in total. The fraction of sp³-hybridized carbons (Fsp3) is 0.0909. The second-order valence-electron chi connectivity index (χ2n) is 10.3. The zero-order valence-electron chi connectivity index (χ0n) is 19.2. The van der Waals surface area contributed by atoms with Gasteiger partial charge >= 0.3 is 0 Å². The molecule has 0 aliphatic heterocycles. The molecular weight excluding hydrogens is 410 g/mol. The highest BCUT2D eigenvalue weighted by Gasteiger charge is 2.36. The molecule has 1 aliphatic rings. The number of fused-ring (bicyclic) bond motifs is 12. The van der Waals surface area contributed by atoms with Gasteiger partial charge in [-0.1, -0.05) is 80.6 Å². The van der Waals surface area contributed by atoms with Crippen molar-refractivity contribution in [3.8, 4) is 11.1 Å². The van der Waals surface area contributed by atoms with Crippen LogP contribution in [0.3, 0.4) is 0 Å². The van der Waals surface area contributed by atoms with Crippen molar-refractivity contribution in [1.29, 1.82) is 0 Å². The first-order valence-corrected chi connectivity index (χ1v) is 12.0. The van der Waals surface area contributed by atoms with E-state index in [0.29, 0.717) is 0 Å². The Labute approximate surface area is 197 Å². The predicted octanol–water partition coefficient (Wildman–Crippen LogP) is 9.09. The van der Waals surface area contributed by atoms with E-state index in [1.165, 1.54) is 76.4 Å². The van der Waals surface area contributed by atoms with Crippen LogP contribution in [-0.2, 0) is 5.41 Å². The first-order chi connectivity index (χ1) is 16.6. The van der Waals surface area contributed by atoms with E-state index in [1.807, 2.05) is 0 Å². The van der Waals surface area contributed by atoms with Gasteiger partial charge in [0.05, 0.1) is 0 Å². The Morgan fingerprint density at radius 1 is 0.441 bits per heavy atom. The molecule has 1 aromatic heterocycles. The summed E-state index contributed by atoms with van der Waals surface area (Å²) in [6.07, 6.45) is 0. The number of nitrogens with one attached hydrogen (secondary N) is 1. The summed E-state index contributed by atoms with van der Waals surface area (Å²) in [6.45, 7) is 4.75. The van der Waals surface area contributed by atoms with E-state index in [2.05, 4.69) is 116 Å². The molecule has 0 saturated carbocycles. The molecule has 1 N–H and O–H groups in total. The second kappa shape index (κ2) is 6.07. The maximum Gasteiger partial charge on any atom is 0.0468 e. The number of H-pyrrole nitrogens is 1. The molecule has 0 spiro atoms. The number of hydrogen-bond donors (Lipinski definition) is 1. The van der Waals surface area contributed by atoms with Crippen molar-refractivity contribution >= 4 is 54.1 Å². The molecule has 1 heterocycles. The van der Waals surface area contributed by atoms with Crippen molar-refractivity contribution in [3.63, 3.8) is 0 Å². The Morgan fingerprint density at radius 3 is 1.56 bits per heavy atom. The lowest BCUT2D eigenvalue weighted by Gasteiger charge is -2.22. The molecule has 0 saturated heterocycles. The van der Waals surface area contributed by atoms with E-state index in [0.717, 1.165) is 0 Å². The van der Waals surface area contributed by atoms with E-state index in [4.69, 9.17) is 0 Å². The van der Waals surface area contributed by atoms with Gasteiger partial charge in [0.2, 0.25) is 0 Å². The Bertz CT molecular complexity index is 1980. The standard InChI is InChI=1S/C33H23N/c1-33(2)29-17-25-22-12-6-4-10-20(22)19-9-3-5-11-21(19)24(25)15-26(29)27-16-28-23-13-7-8-14-31(23)34-32(28)18-30(27)33/h3-18,34H,1-2H3. The zero-order valence-corrected chi connectivity index (χ0v) is 19.2. The Hall–Kier alpha value is -4.10. The second-order valence-corrected chi connectivity index (χ2v) is 10.3. The molecule has 160 valence electrons. The normalized spacial score (nSPS) is 14.4. The molecule has 0 bridgehead atoms. The minimum absolute atomic E-state index is 0.0584. The molecule has 0 unspecified atom stereocenters. The summed E-state index contributed by atoms with van der Waals surface area (Å²) in [4.78, 5) is 3.65. The lowest BCUT2D eigenvalue weighted by molar-refractivity contribution is 0.662. The molecule has 0 radical (unpaired) electrons. The minimum atomic E-state index is -0.0584. The minimum Gasteiger partial charge on any atom is -0.355 e. The topological polar surface area (TPSA) is 15.8 Å². The molecule has 1 aliphatic carbocycles. The maximum atomic E-state index is 3.65. The molecule has 34 heavy (non-hydrogen) atoms. The van der Waals surface area contributed by atoms with E-state index in [9.17, 15) is 0 Å². The average Bonchev–Trinajstić information content (AvgIpc) is 3.34. The maximum absolute atomic E-state index is 3.65. The fourth-order valence-corrected chi connectivity index (χ4v) is 6.47. The SMILES string of the molecule is CC1(C)c2cc3[nH]c4ccccc4c3cc2-c2cc3c4ccccc4c4ccccc4c3cc21. The van der Waals surface area contributed by atoms with Crippen molar-refractivity contribution in [3.05, 3.63) is 108 Å². The molecule has 0 atom stereocenters. The lowest BCUT2D eigenvalue weighted by atomic mass is 9.81. The van der Waals surface area contributed by atoms with Crippen molar-refractivity contribution in [2.24, 2.45) is 0 Å². The lowest BCUT2D eigenvalue weighted by Crippen LogP contribution is -2.15. The number of aromatic amines is 1. The number of para-hydroxylation sites is 1. The van der Waals surface area contributed by atoms with Crippen LogP contribution in [0.5, 0.6) is 0 Å². The van der Waals surface area contributed by atoms with Crippen LogP contribution in [0, 0.1) is 0 Å². The third kappa shape index (κ3) is 2.15. The van der Waals surface area contributed by atoms with Crippen LogP contribution >= 0.6 is 0 Å². The summed E-state index contributed by atoms with van der Waals surface area (Å²) in [5, 5.41) is 10.6. The van der Waals surface area contributed by atoms with Crippen LogP contribution in [-0.4, -0.2) is 4.98 Å². The van der Waals surface area contributed by atoms with E-state index in [1.54, 1.807) is 0 Å². The van der Waals surface area contributed by atoms with Gasteiger partial charge in [0, 0.05) is 27.2 Å². The van der Waals surface area contributed by atoms with Gasteiger partial charge in [-0.25, -0.2) is 0 Å². The average molecular weight is 434 g/mol. The molecule has 8 rings (SSSR count). The van der Waals surface area contributed by atoms with Gasteiger partial charge in [0.15, 0.2) is 0 Å². The quantitative estimate of drug-likeness (QED) is 0.230.